The van der Waals surface area contributed by atoms with Crippen molar-refractivity contribution in [1.29, 1.82) is 0 Å². The van der Waals surface area contributed by atoms with Crippen LogP contribution >= 0.6 is 0 Å². The van der Waals surface area contributed by atoms with Gasteiger partial charge in [0, 0.05) is 19.3 Å². The highest BCUT2D eigenvalue weighted by Gasteiger charge is 2.19. The zero-order valence-electron chi connectivity index (χ0n) is 42.9. The first-order valence-corrected chi connectivity index (χ1v) is 27.2. The van der Waals surface area contributed by atoms with Crippen LogP contribution in [0.5, 0.6) is 0 Å². The minimum atomic E-state index is -0.818. The van der Waals surface area contributed by atoms with E-state index in [0.29, 0.717) is 19.3 Å². The van der Waals surface area contributed by atoms with Crippen LogP contribution < -0.4 is 0 Å². The van der Waals surface area contributed by atoms with Gasteiger partial charge in [-0.1, -0.05) is 234 Å². The van der Waals surface area contributed by atoms with E-state index in [2.05, 4.69) is 118 Å². The fourth-order valence-corrected chi connectivity index (χ4v) is 7.32. The average molecular weight is 917 g/mol. The molecule has 0 aliphatic carbocycles. The van der Waals surface area contributed by atoms with Gasteiger partial charge < -0.3 is 14.2 Å². The normalized spacial score (nSPS) is 12.8. The smallest absolute Gasteiger partial charge is 0.306 e. The van der Waals surface area contributed by atoms with E-state index in [9.17, 15) is 14.4 Å². The van der Waals surface area contributed by atoms with Gasteiger partial charge >= 0.3 is 17.9 Å². The Kier molecular flexibility index (Phi) is 50.9. The van der Waals surface area contributed by atoms with Gasteiger partial charge in [0.2, 0.25) is 0 Å². The second kappa shape index (κ2) is 53.9. The number of allylic oxidation sites excluding steroid dienone is 16. The Morgan fingerprint density at radius 2 is 0.606 bits per heavy atom. The van der Waals surface area contributed by atoms with Crippen molar-refractivity contribution in [2.45, 2.75) is 252 Å². The van der Waals surface area contributed by atoms with E-state index in [1.54, 1.807) is 0 Å². The molecule has 0 aromatic rings. The van der Waals surface area contributed by atoms with E-state index in [1.807, 2.05) is 0 Å². The predicted octanol–water partition coefficient (Wildman–Crippen LogP) is 18.1. The third-order valence-electron chi connectivity index (χ3n) is 11.3. The average Bonchev–Trinajstić information content (AvgIpc) is 3.31. The summed E-state index contributed by atoms with van der Waals surface area (Å²) >= 11 is 0. The molecule has 6 heteroatoms. The molecule has 0 saturated carbocycles. The van der Waals surface area contributed by atoms with E-state index >= 15 is 0 Å². The van der Waals surface area contributed by atoms with Crippen LogP contribution in [0, 0.1) is 0 Å². The molecule has 1 unspecified atom stereocenters. The lowest BCUT2D eigenvalue weighted by atomic mass is 10.0. The lowest BCUT2D eigenvalue weighted by Crippen LogP contribution is -2.30. The Bertz CT molecular complexity index is 1330. The van der Waals surface area contributed by atoms with E-state index < -0.39 is 6.10 Å². The first kappa shape index (κ1) is 62.3. The van der Waals surface area contributed by atoms with Crippen LogP contribution in [0.3, 0.4) is 0 Å². The highest BCUT2D eigenvalue weighted by atomic mass is 16.6. The van der Waals surface area contributed by atoms with Gasteiger partial charge in [-0.15, -0.1) is 0 Å². The van der Waals surface area contributed by atoms with Gasteiger partial charge in [0.05, 0.1) is 0 Å². The van der Waals surface area contributed by atoms with Crippen molar-refractivity contribution >= 4 is 17.9 Å². The summed E-state index contributed by atoms with van der Waals surface area (Å²) in [5.41, 5.74) is 0. The molecule has 0 fully saturated rings. The Morgan fingerprint density at radius 3 is 0.970 bits per heavy atom. The maximum Gasteiger partial charge on any atom is 0.306 e. The molecule has 66 heavy (non-hydrogen) atoms. The van der Waals surface area contributed by atoms with E-state index in [4.69, 9.17) is 14.2 Å². The SMILES string of the molecule is CC/C=C\C/C=C\C/C=C\C/C=C\C/C=C\CCCC(=O)OC(COC(=O)CCCCC/C=C\C/C=C\C/C=C\CC)COC(=O)CCCCCCCCCCCCCCCCCCCC. The zero-order chi connectivity index (χ0) is 47.9. The maximum absolute atomic E-state index is 12.8. The van der Waals surface area contributed by atoms with Gasteiger partial charge in [0.1, 0.15) is 13.2 Å². The fraction of sp³-hybridized carbons (Fsp3) is 0.683. The highest BCUT2D eigenvalue weighted by Crippen LogP contribution is 2.15. The van der Waals surface area contributed by atoms with Gasteiger partial charge in [-0.2, -0.15) is 0 Å². The molecule has 0 bridgehead atoms. The summed E-state index contributed by atoms with van der Waals surface area (Å²) in [4.78, 5) is 38.0. The quantitative estimate of drug-likeness (QED) is 0.0262. The number of hydrogen-bond acceptors (Lipinski definition) is 6. The maximum atomic E-state index is 12.8. The monoisotopic (exact) mass is 917 g/mol. The first-order valence-electron chi connectivity index (χ1n) is 27.2. The molecule has 0 aliphatic rings. The Morgan fingerprint density at radius 1 is 0.318 bits per heavy atom. The van der Waals surface area contributed by atoms with Crippen molar-refractivity contribution in [1.82, 2.24) is 0 Å². The van der Waals surface area contributed by atoms with Crippen molar-refractivity contribution in [3.63, 3.8) is 0 Å². The van der Waals surface area contributed by atoms with Gasteiger partial charge in [-0.3, -0.25) is 14.4 Å². The summed E-state index contributed by atoms with van der Waals surface area (Å²) in [6, 6.07) is 0. The lowest BCUT2D eigenvalue weighted by molar-refractivity contribution is -0.167. The van der Waals surface area contributed by atoms with Crippen molar-refractivity contribution in [3.05, 3.63) is 97.2 Å². The Balaban J connectivity index is 4.48. The molecule has 0 heterocycles. The lowest BCUT2D eigenvalue weighted by Gasteiger charge is -2.18. The Hall–Kier alpha value is -3.67. The second-order valence-electron chi connectivity index (χ2n) is 17.7. The second-order valence-corrected chi connectivity index (χ2v) is 17.7. The molecule has 0 aromatic heterocycles. The zero-order valence-corrected chi connectivity index (χ0v) is 42.9. The predicted molar refractivity (Wildman–Crippen MR) is 284 cm³/mol. The molecule has 1 atom stereocenters. The number of unbranched alkanes of at least 4 members (excludes halogenated alkanes) is 21. The number of esters is 3. The number of carbonyl (C=O) groups is 3. The summed E-state index contributed by atoms with van der Waals surface area (Å²) in [6.45, 7) is 6.34. The summed E-state index contributed by atoms with van der Waals surface area (Å²) in [5, 5.41) is 0. The van der Waals surface area contributed by atoms with Crippen molar-refractivity contribution in [2.75, 3.05) is 13.2 Å². The van der Waals surface area contributed by atoms with Crippen LogP contribution in [0.25, 0.3) is 0 Å². The van der Waals surface area contributed by atoms with Crippen molar-refractivity contribution in [3.8, 4) is 0 Å². The van der Waals surface area contributed by atoms with Gasteiger partial charge in [-0.25, -0.2) is 0 Å². The van der Waals surface area contributed by atoms with Crippen molar-refractivity contribution < 1.29 is 28.6 Å². The van der Waals surface area contributed by atoms with E-state index in [1.165, 1.54) is 96.3 Å². The first-order chi connectivity index (χ1) is 32.5. The molecule has 0 amide bonds. The van der Waals surface area contributed by atoms with Crippen molar-refractivity contribution in [2.24, 2.45) is 0 Å². The Labute approximate surface area is 407 Å². The van der Waals surface area contributed by atoms with Crippen LogP contribution in [0.15, 0.2) is 97.2 Å². The molecule has 0 aliphatic heterocycles. The summed E-state index contributed by atoms with van der Waals surface area (Å²) in [7, 11) is 0. The summed E-state index contributed by atoms with van der Waals surface area (Å²) < 4.78 is 16.8. The minimum absolute atomic E-state index is 0.108. The number of rotatable bonds is 48. The third-order valence-corrected chi connectivity index (χ3v) is 11.3. The van der Waals surface area contributed by atoms with Crippen LogP contribution in [0.2, 0.25) is 0 Å². The molecule has 0 radical (unpaired) electrons. The molecule has 0 N–H and O–H groups in total. The van der Waals surface area contributed by atoms with Crippen LogP contribution in [-0.2, 0) is 28.6 Å². The van der Waals surface area contributed by atoms with Crippen LogP contribution in [0.1, 0.15) is 245 Å². The summed E-state index contributed by atoms with van der Waals surface area (Å²) in [5.74, 6) is -0.997. The number of carbonyl (C=O) groups excluding carboxylic acids is 3. The molecule has 0 rings (SSSR count). The summed E-state index contributed by atoms with van der Waals surface area (Å²) in [6.07, 6.45) is 71.2. The van der Waals surface area contributed by atoms with Gasteiger partial charge in [0.15, 0.2) is 6.10 Å². The van der Waals surface area contributed by atoms with Crippen LogP contribution in [-0.4, -0.2) is 37.2 Å². The molecule has 0 aromatic carbocycles. The van der Waals surface area contributed by atoms with Gasteiger partial charge in [0.25, 0.3) is 0 Å². The molecular formula is C60H100O6. The van der Waals surface area contributed by atoms with Gasteiger partial charge in [-0.05, 0) is 89.9 Å². The van der Waals surface area contributed by atoms with Crippen LogP contribution in [0.4, 0.5) is 0 Å². The highest BCUT2D eigenvalue weighted by molar-refractivity contribution is 5.71. The third kappa shape index (κ3) is 51.3. The fourth-order valence-electron chi connectivity index (χ4n) is 7.32. The molecule has 0 spiro atoms. The standard InChI is InChI=1S/C60H100O6/c1-4-7-10-13-16-19-22-25-27-29-31-32-35-38-41-44-47-50-53-59(62)65-56-57(55-64-58(61)52-49-46-43-40-37-34-24-21-18-15-12-9-6-3)66-60(63)54-51-48-45-42-39-36-33-30-28-26-23-20-17-14-11-8-5-2/h8-9,11-12,17-18,20-21,26,28,33-34,36-37,42,45,57H,4-7,10,13-16,19,22-25,27,29-32,35,38-41,43-44,46-56H2,1-3H3/b11-8-,12-9-,20-17-,21-18-,28-26-,36-33-,37-34-,45-42-. The molecular weight excluding hydrogens is 817 g/mol. The van der Waals surface area contributed by atoms with E-state index in [-0.39, 0.29) is 37.5 Å². The molecule has 376 valence electrons. The number of hydrogen-bond donors (Lipinski definition) is 0. The van der Waals surface area contributed by atoms with E-state index in [0.717, 1.165) is 103 Å². The largest absolute Gasteiger partial charge is 0.462 e. The topological polar surface area (TPSA) is 78.9 Å². The molecule has 6 nitrogen and oxygen atoms in total. The minimum Gasteiger partial charge on any atom is -0.462 e. The molecule has 0 saturated heterocycles. The number of ether oxygens (including phenoxy) is 3.